The molecule has 1 aliphatic carbocycles. The number of ether oxygens (including phenoxy) is 1. The molecule has 0 spiro atoms. The molecule has 0 bridgehead atoms. The topological polar surface area (TPSA) is 57.2 Å². The van der Waals surface area contributed by atoms with E-state index in [1.807, 2.05) is 20.0 Å². The summed E-state index contributed by atoms with van der Waals surface area (Å²) >= 11 is 0. The summed E-state index contributed by atoms with van der Waals surface area (Å²) in [6, 6.07) is 2.10. The zero-order valence-electron chi connectivity index (χ0n) is 9.77. The predicted molar refractivity (Wildman–Crippen MR) is 62.6 cm³/mol. The fourth-order valence-electron chi connectivity index (χ4n) is 1.77. The van der Waals surface area contributed by atoms with Crippen LogP contribution >= 0.6 is 0 Å². The molecule has 1 aromatic heterocycles. The van der Waals surface area contributed by atoms with Crippen molar-refractivity contribution in [3.05, 3.63) is 28.2 Å². The number of hydrogen-bond acceptors (Lipinski definition) is 3. The van der Waals surface area contributed by atoms with Crippen LogP contribution < -0.4 is 15.9 Å². The molecule has 1 heterocycles. The van der Waals surface area contributed by atoms with E-state index < -0.39 is 0 Å². The van der Waals surface area contributed by atoms with Crippen LogP contribution in [0.4, 0.5) is 0 Å². The maximum atomic E-state index is 11.7. The molecule has 0 atom stereocenters. The highest BCUT2D eigenvalue weighted by Crippen LogP contribution is 2.36. The Morgan fingerprint density at radius 2 is 2.25 bits per heavy atom. The summed E-state index contributed by atoms with van der Waals surface area (Å²) in [4.78, 5) is 11.7. The van der Waals surface area contributed by atoms with Crippen molar-refractivity contribution in [2.24, 2.45) is 5.73 Å². The Hall–Kier alpha value is -1.29. The van der Waals surface area contributed by atoms with Crippen molar-refractivity contribution in [2.75, 3.05) is 0 Å². The Morgan fingerprint density at radius 3 is 2.75 bits per heavy atom. The molecular weight excluding hydrogens is 204 g/mol. The molecule has 16 heavy (non-hydrogen) atoms. The van der Waals surface area contributed by atoms with E-state index in [1.54, 1.807) is 6.07 Å². The first-order valence-electron chi connectivity index (χ1n) is 5.73. The molecule has 1 aliphatic rings. The van der Waals surface area contributed by atoms with Gasteiger partial charge in [-0.1, -0.05) is 0 Å². The monoisotopic (exact) mass is 222 g/mol. The molecule has 4 heteroatoms. The van der Waals surface area contributed by atoms with Gasteiger partial charge in [0.2, 0.25) is 5.43 Å². The summed E-state index contributed by atoms with van der Waals surface area (Å²) in [5, 5.41) is 0. The van der Waals surface area contributed by atoms with Crippen molar-refractivity contribution in [3.8, 4) is 5.75 Å². The van der Waals surface area contributed by atoms with Crippen LogP contribution in [-0.4, -0.2) is 10.7 Å². The van der Waals surface area contributed by atoms with E-state index in [1.165, 1.54) is 0 Å². The van der Waals surface area contributed by atoms with Gasteiger partial charge in [-0.2, -0.15) is 0 Å². The second-order valence-electron chi connectivity index (χ2n) is 4.50. The third kappa shape index (κ3) is 2.27. The average molecular weight is 222 g/mol. The lowest BCUT2D eigenvalue weighted by atomic mass is 10.3. The average Bonchev–Trinajstić information content (AvgIpc) is 3.03. The van der Waals surface area contributed by atoms with Crippen LogP contribution in [-0.2, 0) is 6.54 Å². The van der Waals surface area contributed by atoms with E-state index in [4.69, 9.17) is 10.5 Å². The van der Waals surface area contributed by atoms with Crippen LogP contribution in [0.1, 0.15) is 38.4 Å². The molecule has 0 aliphatic heterocycles. The smallest absolute Gasteiger partial charge is 0.223 e. The molecule has 1 fully saturated rings. The molecule has 1 saturated carbocycles. The maximum absolute atomic E-state index is 11.7. The number of rotatable bonds is 4. The van der Waals surface area contributed by atoms with Gasteiger partial charge in [0.15, 0.2) is 5.75 Å². The highest BCUT2D eigenvalue weighted by molar-refractivity contribution is 5.23. The van der Waals surface area contributed by atoms with E-state index in [9.17, 15) is 4.79 Å². The van der Waals surface area contributed by atoms with E-state index in [0.29, 0.717) is 18.3 Å². The van der Waals surface area contributed by atoms with Gasteiger partial charge in [0.25, 0.3) is 0 Å². The molecule has 0 radical (unpaired) electrons. The van der Waals surface area contributed by atoms with Crippen LogP contribution in [0.2, 0.25) is 0 Å². The molecular formula is C12H18N2O2. The molecule has 0 amide bonds. The molecule has 88 valence electrons. The minimum absolute atomic E-state index is 0.0177. The fraction of sp³-hybridized carbons (Fsp3) is 0.583. The predicted octanol–water partition coefficient (Wildman–Crippen LogP) is 1.43. The summed E-state index contributed by atoms with van der Waals surface area (Å²) in [5.41, 5.74) is 6.45. The minimum atomic E-state index is -0.0777. The minimum Gasteiger partial charge on any atom is -0.485 e. The number of nitrogens with two attached hydrogens (primary N) is 1. The second-order valence-corrected chi connectivity index (χ2v) is 4.50. The highest BCUT2D eigenvalue weighted by Gasteiger charge is 2.25. The van der Waals surface area contributed by atoms with Gasteiger partial charge in [0, 0.05) is 24.3 Å². The van der Waals surface area contributed by atoms with Crippen LogP contribution in [0, 0.1) is 0 Å². The summed E-state index contributed by atoms with van der Waals surface area (Å²) in [6.45, 7) is 4.23. The van der Waals surface area contributed by atoms with Crippen LogP contribution in [0.15, 0.2) is 17.1 Å². The normalized spacial score (nSPS) is 15.5. The maximum Gasteiger partial charge on any atom is 0.223 e. The summed E-state index contributed by atoms with van der Waals surface area (Å²) in [7, 11) is 0. The lowest BCUT2D eigenvalue weighted by Gasteiger charge is -2.15. The van der Waals surface area contributed by atoms with Gasteiger partial charge < -0.3 is 15.0 Å². The van der Waals surface area contributed by atoms with Crippen molar-refractivity contribution in [1.82, 2.24) is 4.57 Å². The lowest BCUT2D eigenvalue weighted by molar-refractivity contribution is 0.237. The van der Waals surface area contributed by atoms with Crippen LogP contribution in [0.5, 0.6) is 5.75 Å². The zero-order valence-corrected chi connectivity index (χ0v) is 9.77. The van der Waals surface area contributed by atoms with Crippen molar-refractivity contribution in [3.63, 3.8) is 0 Å². The van der Waals surface area contributed by atoms with Gasteiger partial charge in [-0.25, -0.2) is 0 Å². The third-order valence-corrected chi connectivity index (χ3v) is 2.64. The standard InChI is InChI=1S/C12H18N2O2/c1-8(2)16-12-7-14(9-3-4-9)10(6-13)5-11(12)15/h5,7-9H,3-4,6,13H2,1-2H3. The first-order chi connectivity index (χ1) is 7.61. The van der Waals surface area contributed by atoms with E-state index in [2.05, 4.69) is 4.57 Å². The summed E-state index contributed by atoms with van der Waals surface area (Å²) < 4.78 is 7.57. The van der Waals surface area contributed by atoms with Gasteiger partial charge in [-0.3, -0.25) is 4.79 Å². The zero-order chi connectivity index (χ0) is 11.7. The largest absolute Gasteiger partial charge is 0.485 e. The summed E-state index contributed by atoms with van der Waals surface area (Å²) in [5.74, 6) is 0.430. The van der Waals surface area contributed by atoms with Crippen molar-refractivity contribution < 1.29 is 4.74 Å². The molecule has 2 N–H and O–H groups in total. The van der Waals surface area contributed by atoms with Crippen LogP contribution in [0.3, 0.4) is 0 Å². The Balaban J connectivity index is 2.39. The SMILES string of the molecule is CC(C)Oc1cn(C2CC2)c(CN)cc1=O. The molecule has 0 unspecified atom stereocenters. The fourth-order valence-corrected chi connectivity index (χ4v) is 1.77. The van der Waals surface area contributed by atoms with E-state index in [-0.39, 0.29) is 11.5 Å². The lowest BCUT2D eigenvalue weighted by Crippen LogP contribution is -2.19. The van der Waals surface area contributed by atoms with Gasteiger partial charge in [0.1, 0.15) is 0 Å². The Kier molecular flexibility index (Phi) is 3.01. The Labute approximate surface area is 95.0 Å². The molecule has 1 aromatic rings. The molecule has 0 aromatic carbocycles. The Morgan fingerprint density at radius 1 is 1.56 bits per heavy atom. The number of hydrogen-bond donors (Lipinski definition) is 1. The molecule has 2 rings (SSSR count). The molecule has 0 saturated heterocycles. The highest BCUT2D eigenvalue weighted by atomic mass is 16.5. The summed E-state index contributed by atoms with van der Waals surface area (Å²) in [6.07, 6.45) is 4.15. The van der Waals surface area contributed by atoms with Gasteiger partial charge in [-0.15, -0.1) is 0 Å². The third-order valence-electron chi connectivity index (χ3n) is 2.64. The van der Waals surface area contributed by atoms with Gasteiger partial charge in [-0.05, 0) is 26.7 Å². The Bertz CT molecular complexity index is 433. The van der Waals surface area contributed by atoms with E-state index in [0.717, 1.165) is 18.5 Å². The van der Waals surface area contributed by atoms with Crippen molar-refractivity contribution in [2.45, 2.75) is 45.4 Å². The number of nitrogens with zero attached hydrogens (tertiary/aromatic N) is 1. The first kappa shape index (κ1) is 11.2. The van der Waals surface area contributed by atoms with Crippen molar-refractivity contribution >= 4 is 0 Å². The molecule has 4 nitrogen and oxygen atoms in total. The number of aromatic nitrogens is 1. The van der Waals surface area contributed by atoms with Crippen molar-refractivity contribution in [1.29, 1.82) is 0 Å². The van der Waals surface area contributed by atoms with Crippen LogP contribution in [0.25, 0.3) is 0 Å². The van der Waals surface area contributed by atoms with Gasteiger partial charge in [0.05, 0.1) is 12.3 Å². The second kappa shape index (κ2) is 4.29. The number of pyridine rings is 1. The van der Waals surface area contributed by atoms with Gasteiger partial charge >= 0.3 is 0 Å². The van der Waals surface area contributed by atoms with E-state index >= 15 is 0 Å². The first-order valence-corrected chi connectivity index (χ1v) is 5.73. The quantitative estimate of drug-likeness (QED) is 0.838.